The molecule has 0 radical (unpaired) electrons. The number of carbonyl (C=O) groups is 3. The van der Waals surface area contributed by atoms with E-state index in [0.717, 1.165) is 0 Å². The van der Waals surface area contributed by atoms with Crippen molar-refractivity contribution in [2.75, 3.05) is 6.54 Å². The molecule has 2 amide bonds. The first-order valence-corrected chi connectivity index (χ1v) is 4.31. The van der Waals surface area contributed by atoms with Gasteiger partial charge in [-0.25, -0.2) is 0 Å². The van der Waals surface area contributed by atoms with Gasteiger partial charge in [0.15, 0.2) is 0 Å². The van der Waals surface area contributed by atoms with Gasteiger partial charge in [0.05, 0.1) is 5.92 Å². The maximum Gasteiger partial charge on any atom is 0.314 e. The lowest BCUT2D eigenvalue weighted by atomic mass is 10.0. The summed E-state index contributed by atoms with van der Waals surface area (Å²) in [6, 6.07) is 0. The number of amides is 2. The van der Waals surface area contributed by atoms with Crippen LogP contribution in [0.2, 0.25) is 0 Å². The number of piperazine rings is 1. The number of carbonyl (C=O) groups excluding carboxylic acids is 2. The Hall–Kier alpha value is -2.11. The highest BCUT2D eigenvalue weighted by Gasteiger charge is 2.30. The van der Waals surface area contributed by atoms with E-state index in [1.165, 1.54) is 23.3 Å². The number of hydrogen-bond acceptors (Lipinski definition) is 4. The van der Waals surface area contributed by atoms with E-state index in [0.29, 0.717) is 0 Å². The van der Waals surface area contributed by atoms with E-state index in [1.54, 1.807) is 0 Å². The van der Waals surface area contributed by atoms with Gasteiger partial charge in [-0.15, -0.1) is 0 Å². The highest BCUT2D eigenvalue weighted by atomic mass is 16.4. The van der Waals surface area contributed by atoms with Crippen LogP contribution in [0.1, 0.15) is 0 Å². The molecule has 1 fully saturated rings. The minimum atomic E-state index is -1.02. The minimum Gasteiger partial charge on any atom is -0.481 e. The Kier molecular flexibility index (Phi) is 2.03. The Labute approximate surface area is 84.9 Å². The summed E-state index contributed by atoms with van der Waals surface area (Å²) in [6.07, 6.45) is 4.20. The van der Waals surface area contributed by atoms with Crippen molar-refractivity contribution in [3.05, 3.63) is 24.0 Å². The lowest BCUT2D eigenvalue weighted by Gasteiger charge is -2.29. The lowest BCUT2D eigenvalue weighted by molar-refractivity contribution is -0.138. The molecule has 2 N–H and O–H groups in total. The van der Waals surface area contributed by atoms with E-state index in [1.807, 2.05) is 0 Å². The second kappa shape index (κ2) is 3.23. The van der Waals surface area contributed by atoms with Crippen LogP contribution in [0.25, 0.3) is 0 Å². The number of rotatable bonds is 1. The third-order valence-corrected chi connectivity index (χ3v) is 2.20. The monoisotopic (exact) mass is 208 g/mol. The first kappa shape index (κ1) is 9.45. The molecular formula is C9H8N2O4. The van der Waals surface area contributed by atoms with Crippen molar-refractivity contribution in [3.8, 4) is 0 Å². The molecular weight excluding hydrogens is 200 g/mol. The van der Waals surface area contributed by atoms with Gasteiger partial charge in [0, 0.05) is 6.20 Å². The van der Waals surface area contributed by atoms with Gasteiger partial charge >= 0.3 is 5.97 Å². The van der Waals surface area contributed by atoms with Crippen LogP contribution in [0.3, 0.4) is 0 Å². The quantitative estimate of drug-likeness (QED) is 0.543. The average molecular weight is 208 g/mol. The molecule has 0 saturated carbocycles. The molecule has 0 bridgehead atoms. The number of nitrogens with zero attached hydrogens (tertiary/aromatic N) is 1. The zero-order chi connectivity index (χ0) is 11.0. The molecule has 6 nitrogen and oxygen atoms in total. The van der Waals surface area contributed by atoms with Crippen LogP contribution < -0.4 is 5.32 Å². The predicted molar refractivity (Wildman–Crippen MR) is 48.2 cm³/mol. The molecule has 0 aromatic heterocycles. The number of carboxylic acids is 1. The van der Waals surface area contributed by atoms with Crippen LogP contribution >= 0.6 is 0 Å². The third kappa shape index (κ3) is 1.61. The molecule has 2 rings (SSSR count). The molecule has 0 aliphatic carbocycles. The summed E-state index contributed by atoms with van der Waals surface area (Å²) in [5.41, 5.74) is 0.213. The SMILES string of the molecule is O=C1CN2C=CC(C(=O)O)C=C2C(=O)N1. The first-order valence-electron chi connectivity index (χ1n) is 4.31. The second-order valence-corrected chi connectivity index (χ2v) is 3.26. The van der Waals surface area contributed by atoms with Gasteiger partial charge in [0.1, 0.15) is 12.2 Å². The van der Waals surface area contributed by atoms with E-state index in [2.05, 4.69) is 5.32 Å². The molecule has 0 aromatic carbocycles. The predicted octanol–water partition coefficient (Wildman–Crippen LogP) is -0.943. The summed E-state index contributed by atoms with van der Waals surface area (Å²) in [6.45, 7) is 0.0421. The Morgan fingerprint density at radius 2 is 2.27 bits per heavy atom. The van der Waals surface area contributed by atoms with E-state index in [9.17, 15) is 14.4 Å². The Bertz CT molecular complexity index is 410. The van der Waals surface area contributed by atoms with E-state index in [-0.39, 0.29) is 12.2 Å². The fourth-order valence-electron chi connectivity index (χ4n) is 1.48. The molecule has 6 heteroatoms. The first-order chi connectivity index (χ1) is 7.08. The standard InChI is InChI=1S/C9H8N2O4/c12-7-4-11-2-1-5(9(14)15)3-6(11)8(13)10-7/h1-3,5H,4H2,(H,14,15)(H,10,12,13). The van der Waals surface area contributed by atoms with Gasteiger partial charge in [-0.2, -0.15) is 0 Å². The van der Waals surface area contributed by atoms with Gasteiger partial charge in [-0.1, -0.05) is 6.08 Å². The van der Waals surface area contributed by atoms with Gasteiger partial charge < -0.3 is 10.0 Å². The molecule has 2 heterocycles. The molecule has 1 unspecified atom stereocenters. The smallest absolute Gasteiger partial charge is 0.314 e. The van der Waals surface area contributed by atoms with E-state index in [4.69, 9.17) is 5.11 Å². The number of carboxylic acid groups (broad SMARTS) is 1. The van der Waals surface area contributed by atoms with Crippen molar-refractivity contribution < 1.29 is 19.5 Å². The minimum absolute atomic E-state index is 0.0421. The number of fused-ring (bicyclic) bond motifs is 1. The zero-order valence-electron chi connectivity index (χ0n) is 7.64. The van der Waals surface area contributed by atoms with Crippen molar-refractivity contribution in [1.82, 2.24) is 10.2 Å². The number of hydrogen-bond donors (Lipinski definition) is 2. The van der Waals surface area contributed by atoms with Gasteiger partial charge in [0.2, 0.25) is 5.91 Å². The van der Waals surface area contributed by atoms with Crippen molar-refractivity contribution in [1.29, 1.82) is 0 Å². The molecule has 0 aromatic rings. The number of nitrogens with one attached hydrogen (secondary N) is 1. The summed E-state index contributed by atoms with van der Waals surface area (Å²) >= 11 is 0. The van der Waals surface area contributed by atoms with E-state index < -0.39 is 23.7 Å². The molecule has 2 aliphatic rings. The van der Waals surface area contributed by atoms with Gasteiger partial charge in [0.25, 0.3) is 5.91 Å². The Morgan fingerprint density at radius 1 is 1.53 bits per heavy atom. The van der Waals surface area contributed by atoms with Crippen LogP contribution in [0.5, 0.6) is 0 Å². The van der Waals surface area contributed by atoms with Crippen molar-refractivity contribution in [3.63, 3.8) is 0 Å². The molecule has 78 valence electrons. The topological polar surface area (TPSA) is 86.7 Å². The summed E-state index contributed by atoms with van der Waals surface area (Å²) in [7, 11) is 0. The van der Waals surface area contributed by atoms with Crippen LogP contribution in [-0.4, -0.2) is 34.3 Å². The summed E-state index contributed by atoms with van der Waals surface area (Å²) in [5, 5.41) is 10.9. The summed E-state index contributed by atoms with van der Waals surface area (Å²) in [5.74, 6) is -2.78. The largest absolute Gasteiger partial charge is 0.481 e. The maximum absolute atomic E-state index is 11.3. The summed E-state index contributed by atoms with van der Waals surface area (Å²) < 4.78 is 0. The molecule has 15 heavy (non-hydrogen) atoms. The molecule has 2 aliphatic heterocycles. The van der Waals surface area contributed by atoms with Crippen LogP contribution in [-0.2, 0) is 14.4 Å². The van der Waals surface area contributed by atoms with Crippen molar-refractivity contribution in [2.45, 2.75) is 0 Å². The molecule has 0 spiro atoms. The summed E-state index contributed by atoms with van der Waals surface area (Å²) in [4.78, 5) is 34.4. The third-order valence-electron chi connectivity index (χ3n) is 2.20. The second-order valence-electron chi connectivity index (χ2n) is 3.26. The Balaban J connectivity index is 2.29. The fraction of sp³-hybridized carbons (Fsp3) is 0.222. The van der Waals surface area contributed by atoms with E-state index >= 15 is 0 Å². The highest BCUT2D eigenvalue weighted by molar-refractivity contribution is 6.08. The van der Waals surface area contributed by atoms with Crippen LogP contribution in [0.15, 0.2) is 24.0 Å². The van der Waals surface area contributed by atoms with Crippen molar-refractivity contribution in [2.24, 2.45) is 5.92 Å². The lowest BCUT2D eigenvalue weighted by Crippen LogP contribution is -2.48. The van der Waals surface area contributed by atoms with Crippen LogP contribution in [0, 0.1) is 5.92 Å². The molecule has 1 saturated heterocycles. The number of imide groups is 1. The zero-order valence-corrected chi connectivity index (χ0v) is 7.64. The Morgan fingerprint density at radius 3 is 2.93 bits per heavy atom. The maximum atomic E-state index is 11.3. The van der Waals surface area contributed by atoms with Crippen LogP contribution in [0.4, 0.5) is 0 Å². The van der Waals surface area contributed by atoms with Gasteiger partial charge in [-0.3, -0.25) is 19.7 Å². The average Bonchev–Trinajstić information content (AvgIpc) is 2.16. The highest BCUT2D eigenvalue weighted by Crippen LogP contribution is 2.19. The fourth-order valence-corrected chi connectivity index (χ4v) is 1.48. The number of aliphatic carboxylic acids is 1. The molecule has 1 atom stereocenters. The normalized spacial score (nSPS) is 24.4. The van der Waals surface area contributed by atoms with Gasteiger partial charge in [-0.05, 0) is 6.08 Å². The van der Waals surface area contributed by atoms with Crippen molar-refractivity contribution >= 4 is 17.8 Å².